The van der Waals surface area contributed by atoms with Gasteiger partial charge in [0.15, 0.2) is 5.75 Å². The van der Waals surface area contributed by atoms with Gasteiger partial charge in [0.25, 0.3) is 0 Å². The Kier molecular flexibility index (Phi) is 3.63. The molecular weight excluding hydrogens is 274 g/mol. The molecule has 21 heavy (non-hydrogen) atoms. The first kappa shape index (κ1) is 14.0. The van der Waals surface area contributed by atoms with Crippen LogP contribution in [0, 0.1) is 10.1 Å². The first-order chi connectivity index (χ1) is 10.1. The number of aldehydes is 1. The highest BCUT2D eigenvalue weighted by molar-refractivity contribution is 5.77. The molecule has 1 aromatic carbocycles. The summed E-state index contributed by atoms with van der Waals surface area (Å²) in [6, 6.07) is 4.29. The van der Waals surface area contributed by atoms with Gasteiger partial charge in [-0.2, -0.15) is 0 Å². The molecule has 2 aliphatic rings. The topological polar surface area (TPSA) is 78.7 Å². The van der Waals surface area contributed by atoms with Crippen molar-refractivity contribution in [3.8, 4) is 5.75 Å². The predicted molar refractivity (Wildman–Crippen MR) is 74.7 cm³/mol. The van der Waals surface area contributed by atoms with Crippen molar-refractivity contribution < 1.29 is 19.2 Å². The molecule has 1 aliphatic heterocycles. The maximum atomic E-state index is 11.1. The summed E-state index contributed by atoms with van der Waals surface area (Å²) < 4.78 is 11.7. The van der Waals surface area contributed by atoms with Gasteiger partial charge in [-0.3, -0.25) is 14.9 Å². The zero-order valence-corrected chi connectivity index (χ0v) is 11.6. The lowest BCUT2D eigenvalue weighted by molar-refractivity contribution is -0.386. The smallest absolute Gasteiger partial charge is 0.311 e. The Bertz CT molecular complexity index is 567. The molecule has 1 saturated carbocycles. The Balaban J connectivity index is 1.77. The van der Waals surface area contributed by atoms with Crippen molar-refractivity contribution in [2.24, 2.45) is 0 Å². The Labute approximate surface area is 122 Å². The van der Waals surface area contributed by atoms with Crippen LogP contribution in [0.1, 0.15) is 42.5 Å². The molecule has 1 heterocycles. The monoisotopic (exact) mass is 291 g/mol. The van der Waals surface area contributed by atoms with Crippen LogP contribution in [-0.4, -0.2) is 29.5 Å². The molecule has 1 aliphatic carbocycles. The largest absolute Gasteiger partial charge is 0.483 e. The van der Waals surface area contributed by atoms with Gasteiger partial charge in [-0.05, 0) is 31.4 Å². The molecule has 2 fully saturated rings. The van der Waals surface area contributed by atoms with Gasteiger partial charge >= 0.3 is 5.69 Å². The highest BCUT2D eigenvalue weighted by Gasteiger charge is 2.43. The second-order valence-electron chi connectivity index (χ2n) is 5.72. The van der Waals surface area contributed by atoms with Crippen molar-refractivity contribution in [1.82, 2.24) is 0 Å². The molecule has 0 N–H and O–H groups in total. The van der Waals surface area contributed by atoms with Crippen LogP contribution < -0.4 is 4.74 Å². The fourth-order valence-electron chi connectivity index (χ4n) is 3.03. The average Bonchev–Trinajstić information content (AvgIpc) is 2.46. The lowest BCUT2D eigenvalue weighted by atomic mass is 9.74. The fourth-order valence-corrected chi connectivity index (χ4v) is 3.03. The minimum absolute atomic E-state index is 0.0690. The summed E-state index contributed by atoms with van der Waals surface area (Å²) in [5.41, 5.74) is 0.0470. The second-order valence-corrected chi connectivity index (χ2v) is 5.72. The number of rotatable bonds is 4. The van der Waals surface area contributed by atoms with Crippen molar-refractivity contribution in [3.05, 3.63) is 33.9 Å². The first-order valence-electron chi connectivity index (χ1n) is 7.16. The van der Waals surface area contributed by atoms with Crippen molar-refractivity contribution in [3.63, 3.8) is 0 Å². The molecule has 6 nitrogen and oxygen atoms in total. The maximum absolute atomic E-state index is 11.1. The van der Waals surface area contributed by atoms with Crippen molar-refractivity contribution in [1.29, 1.82) is 0 Å². The van der Waals surface area contributed by atoms with Gasteiger partial charge in [0.2, 0.25) is 0 Å². The number of carbonyl (C=O) groups is 1. The second kappa shape index (κ2) is 5.44. The lowest BCUT2D eigenvalue weighted by Crippen LogP contribution is -2.48. The standard InChI is InChI=1S/C15H17NO5/c17-10-11-2-3-14(13(8-11)16(18)19)21-12-4-7-20-15(9-12)5-1-6-15/h2-3,8,10,12H,1,4-7,9H2. The number of hydrogen-bond donors (Lipinski definition) is 0. The Hall–Kier alpha value is -1.95. The van der Waals surface area contributed by atoms with Crippen LogP contribution in [0.4, 0.5) is 5.69 Å². The summed E-state index contributed by atoms with van der Waals surface area (Å²) in [5.74, 6) is 0.229. The first-order valence-corrected chi connectivity index (χ1v) is 7.16. The van der Waals surface area contributed by atoms with Crippen molar-refractivity contribution in [2.75, 3.05) is 6.61 Å². The minimum atomic E-state index is -0.513. The highest BCUT2D eigenvalue weighted by atomic mass is 16.6. The number of benzene rings is 1. The van der Waals surface area contributed by atoms with Crippen molar-refractivity contribution in [2.45, 2.75) is 43.8 Å². The molecule has 1 spiro atoms. The summed E-state index contributed by atoms with van der Waals surface area (Å²) >= 11 is 0. The minimum Gasteiger partial charge on any atom is -0.483 e. The van der Waals surface area contributed by atoms with E-state index in [0.717, 1.165) is 25.7 Å². The quantitative estimate of drug-likeness (QED) is 0.484. The van der Waals surface area contributed by atoms with Crippen LogP contribution in [0.3, 0.4) is 0 Å². The average molecular weight is 291 g/mol. The van der Waals surface area contributed by atoms with E-state index in [1.165, 1.54) is 24.6 Å². The normalized spacial score (nSPS) is 23.3. The molecule has 1 atom stereocenters. The molecule has 0 aromatic heterocycles. The van der Waals surface area contributed by atoms with E-state index in [9.17, 15) is 14.9 Å². The number of ether oxygens (including phenoxy) is 2. The van der Waals surface area contributed by atoms with Gasteiger partial charge in [0.1, 0.15) is 12.4 Å². The Morgan fingerprint density at radius 2 is 2.24 bits per heavy atom. The number of nitro groups is 1. The molecule has 6 heteroatoms. The zero-order chi connectivity index (χ0) is 14.9. The predicted octanol–water partition coefficient (Wildman–Crippen LogP) is 2.89. The van der Waals surface area contributed by atoms with Gasteiger partial charge in [0, 0.05) is 24.5 Å². The van der Waals surface area contributed by atoms with Crippen LogP contribution in [0.2, 0.25) is 0 Å². The van der Waals surface area contributed by atoms with Crippen LogP contribution in [0.25, 0.3) is 0 Å². The third-order valence-electron chi connectivity index (χ3n) is 4.32. The third-order valence-corrected chi connectivity index (χ3v) is 4.32. The molecule has 112 valence electrons. The molecule has 3 rings (SSSR count). The summed E-state index contributed by atoms with van der Waals surface area (Å²) in [7, 11) is 0. The Morgan fingerprint density at radius 1 is 1.43 bits per heavy atom. The van der Waals surface area contributed by atoms with Gasteiger partial charge in [-0.25, -0.2) is 0 Å². The van der Waals surface area contributed by atoms with E-state index in [0.29, 0.717) is 12.9 Å². The zero-order valence-electron chi connectivity index (χ0n) is 11.6. The van der Waals surface area contributed by atoms with Crippen LogP contribution in [0.15, 0.2) is 18.2 Å². The SMILES string of the molecule is O=Cc1ccc(OC2CCOC3(CCC3)C2)c([N+](=O)[O-])c1. The van der Waals surface area contributed by atoms with E-state index in [-0.39, 0.29) is 28.7 Å². The molecule has 0 amide bonds. The van der Waals surface area contributed by atoms with Gasteiger partial charge < -0.3 is 9.47 Å². The van der Waals surface area contributed by atoms with E-state index in [2.05, 4.69) is 0 Å². The third kappa shape index (κ3) is 2.76. The number of nitro benzene ring substituents is 1. The van der Waals surface area contributed by atoms with Gasteiger partial charge in [-0.15, -0.1) is 0 Å². The van der Waals surface area contributed by atoms with E-state index in [1.807, 2.05) is 0 Å². The summed E-state index contributed by atoms with van der Waals surface area (Å²) in [6.45, 7) is 0.630. The molecule has 1 unspecified atom stereocenters. The Morgan fingerprint density at radius 3 is 2.86 bits per heavy atom. The molecule has 0 bridgehead atoms. The number of nitrogens with zero attached hydrogens (tertiary/aromatic N) is 1. The van der Waals surface area contributed by atoms with E-state index in [4.69, 9.17) is 9.47 Å². The molecule has 1 aromatic rings. The molecular formula is C15H17NO5. The number of carbonyl (C=O) groups excluding carboxylic acids is 1. The fraction of sp³-hybridized carbons (Fsp3) is 0.533. The van der Waals surface area contributed by atoms with E-state index >= 15 is 0 Å². The van der Waals surface area contributed by atoms with E-state index in [1.54, 1.807) is 0 Å². The van der Waals surface area contributed by atoms with Crippen LogP contribution in [0.5, 0.6) is 5.75 Å². The van der Waals surface area contributed by atoms with Gasteiger partial charge in [0.05, 0.1) is 17.1 Å². The summed E-state index contributed by atoms with van der Waals surface area (Å²) in [4.78, 5) is 21.3. The maximum Gasteiger partial charge on any atom is 0.311 e. The summed E-state index contributed by atoms with van der Waals surface area (Å²) in [5, 5.41) is 11.1. The van der Waals surface area contributed by atoms with E-state index < -0.39 is 4.92 Å². The lowest BCUT2D eigenvalue weighted by Gasteiger charge is -2.46. The molecule has 0 radical (unpaired) electrons. The number of hydrogen-bond acceptors (Lipinski definition) is 5. The highest BCUT2D eigenvalue weighted by Crippen LogP contribution is 2.43. The van der Waals surface area contributed by atoms with Crippen LogP contribution >= 0.6 is 0 Å². The van der Waals surface area contributed by atoms with Gasteiger partial charge in [-0.1, -0.05) is 0 Å². The van der Waals surface area contributed by atoms with Crippen molar-refractivity contribution >= 4 is 12.0 Å². The molecule has 1 saturated heterocycles. The summed E-state index contributed by atoms with van der Waals surface area (Å²) in [6.07, 6.45) is 5.28. The van der Waals surface area contributed by atoms with Crippen LogP contribution in [-0.2, 0) is 4.74 Å².